The van der Waals surface area contributed by atoms with E-state index >= 15 is 0 Å². The molecule has 1 unspecified atom stereocenters. The van der Waals surface area contributed by atoms with E-state index in [0.29, 0.717) is 13.1 Å². The van der Waals surface area contributed by atoms with E-state index in [0.717, 1.165) is 11.5 Å². The molecular formula is C13H21ClN2O3. The third kappa shape index (κ3) is 6.88. The Morgan fingerprint density at radius 3 is 2.68 bits per heavy atom. The maximum Gasteiger partial charge on any atom is 0.234 e. The molecule has 0 saturated carbocycles. The minimum Gasteiger partial charge on any atom is -0.497 e. The fraction of sp³-hybridized carbons (Fsp3) is 0.462. The van der Waals surface area contributed by atoms with E-state index in [1.807, 2.05) is 31.2 Å². The molecule has 0 aliphatic rings. The molecule has 6 heteroatoms. The number of nitrogens with one attached hydrogen (secondary N) is 2. The second kappa shape index (κ2) is 9.47. The van der Waals surface area contributed by atoms with Crippen LogP contribution in [-0.4, -0.2) is 39.3 Å². The molecule has 0 heterocycles. The third-order valence-corrected chi connectivity index (χ3v) is 2.30. The molecule has 0 aliphatic carbocycles. The molecule has 1 atom stereocenters. The Hall–Kier alpha value is -1.46. The first kappa shape index (κ1) is 17.5. The van der Waals surface area contributed by atoms with Crippen LogP contribution < -0.4 is 20.1 Å². The van der Waals surface area contributed by atoms with Crippen LogP contribution in [-0.2, 0) is 4.79 Å². The number of rotatable bonds is 7. The molecule has 1 aromatic carbocycles. The molecule has 19 heavy (non-hydrogen) atoms. The van der Waals surface area contributed by atoms with Gasteiger partial charge in [-0.25, -0.2) is 0 Å². The van der Waals surface area contributed by atoms with Gasteiger partial charge in [0.1, 0.15) is 17.6 Å². The standard InChI is InChI=1S/C13H20N2O3.ClH/c1-10(8-15-13(16)9-14-2)18-12-6-4-5-11(7-12)17-3;/h4-7,10,14H,8-9H2,1-3H3,(H,15,16);1H. The summed E-state index contributed by atoms with van der Waals surface area (Å²) in [4.78, 5) is 11.3. The Kier molecular flexibility index (Phi) is 8.74. The third-order valence-electron chi connectivity index (χ3n) is 2.30. The van der Waals surface area contributed by atoms with Crippen molar-refractivity contribution in [2.24, 2.45) is 0 Å². The Morgan fingerprint density at radius 1 is 1.37 bits per heavy atom. The summed E-state index contributed by atoms with van der Waals surface area (Å²) in [6.07, 6.45) is -0.0992. The lowest BCUT2D eigenvalue weighted by Gasteiger charge is -2.15. The number of halogens is 1. The predicted molar refractivity (Wildman–Crippen MR) is 77.3 cm³/mol. The highest BCUT2D eigenvalue weighted by Crippen LogP contribution is 2.19. The molecule has 108 valence electrons. The van der Waals surface area contributed by atoms with E-state index in [4.69, 9.17) is 9.47 Å². The summed E-state index contributed by atoms with van der Waals surface area (Å²) in [7, 11) is 3.34. The zero-order valence-electron chi connectivity index (χ0n) is 11.4. The fourth-order valence-electron chi connectivity index (χ4n) is 1.43. The summed E-state index contributed by atoms with van der Waals surface area (Å²) in [5.74, 6) is 1.43. The zero-order valence-corrected chi connectivity index (χ0v) is 12.3. The normalized spacial score (nSPS) is 11.1. The van der Waals surface area contributed by atoms with Crippen molar-refractivity contribution in [3.8, 4) is 11.5 Å². The highest BCUT2D eigenvalue weighted by atomic mass is 35.5. The molecule has 2 N–H and O–H groups in total. The molecule has 5 nitrogen and oxygen atoms in total. The Balaban J connectivity index is 0.00000324. The van der Waals surface area contributed by atoms with Crippen LogP contribution in [0.4, 0.5) is 0 Å². The van der Waals surface area contributed by atoms with Crippen LogP contribution in [0.2, 0.25) is 0 Å². The monoisotopic (exact) mass is 288 g/mol. The van der Waals surface area contributed by atoms with Crippen LogP contribution >= 0.6 is 12.4 Å². The number of carbonyl (C=O) groups excluding carboxylic acids is 1. The maximum atomic E-state index is 11.3. The van der Waals surface area contributed by atoms with Crippen molar-refractivity contribution in [3.05, 3.63) is 24.3 Å². The van der Waals surface area contributed by atoms with Crippen LogP contribution in [0.15, 0.2) is 24.3 Å². The van der Waals surface area contributed by atoms with Gasteiger partial charge in [0.2, 0.25) is 5.91 Å². The number of hydrogen-bond acceptors (Lipinski definition) is 4. The van der Waals surface area contributed by atoms with Crippen molar-refractivity contribution in [2.45, 2.75) is 13.0 Å². The van der Waals surface area contributed by atoms with Crippen molar-refractivity contribution in [1.29, 1.82) is 0 Å². The van der Waals surface area contributed by atoms with Crippen molar-refractivity contribution < 1.29 is 14.3 Å². The van der Waals surface area contributed by atoms with E-state index in [-0.39, 0.29) is 24.4 Å². The van der Waals surface area contributed by atoms with E-state index in [2.05, 4.69) is 10.6 Å². The average molecular weight is 289 g/mol. The molecule has 0 radical (unpaired) electrons. The first-order valence-corrected chi connectivity index (χ1v) is 5.87. The van der Waals surface area contributed by atoms with Gasteiger partial charge in [-0.2, -0.15) is 0 Å². The molecule has 0 bridgehead atoms. The molecule has 1 amide bonds. The minimum absolute atomic E-state index is 0. The van der Waals surface area contributed by atoms with Gasteiger partial charge in [-0.05, 0) is 26.1 Å². The quantitative estimate of drug-likeness (QED) is 0.792. The Bertz CT molecular complexity index is 388. The number of methoxy groups -OCH3 is 1. The summed E-state index contributed by atoms with van der Waals surface area (Å²) < 4.78 is 10.8. The van der Waals surface area contributed by atoms with Crippen molar-refractivity contribution in [3.63, 3.8) is 0 Å². The molecule has 0 saturated heterocycles. The van der Waals surface area contributed by atoms with Gasteiger partial charge in [-0.1, -0.05) is 6.07 Å². The van der Waals surface area contributed by atoms with Crippen molar-refractivity contribution in [1.82, 2.24) is 10.6 Å². The highest BCUT2D eigenvalue weighted by Gasteiger charge is 2.06. The number of benzene rings is 1. The van der Waals surface area contributed by atoms with Crippen LogP contribution in [0.25, 0.3) is 0 Å². The largest absolute Gasteiger partial charge is 0.497 e. The van der Waals surface area contributed by atoms with E-state index in [9.17, 15) is 4.79 Å². The van der Waals surface area contributed by atoms with Gasteiger partial charge in [0, 0.05) is 6.07 Å². The summed E-state index contributed by atoms with van der Waals surface area (Å²) in [6.45, 7) is 2.68. The molecule has 0 aliphatic heterocycles. The SMILES string of the molecule is CNCC(=O)NCC(C)Oc1cccc(OC)c1.Cl. The van der Waals surface area contributed by atoms with Crippen molar-refractivity contribution in [2.75, 3.05) is 27.2 Å². The van der Waals surface area contributed by atoms with Crippen LogP contribution in [0, 0.1) is 0 Å². The molecule has 1 rings (SSSR count). The lowest BCUT2D eigenvalue weighted by Crippen LogP contribution is -2.38. The van der Waals surface area contributed by atoms with Gasteiger partial charge < -0.3 is 20.1 Å². The molecule has 0 fully saturated rings. The predicted octanol–water partition coefficient (Wildman–Crippen LogP) is 1.22. The molecule has 0 aromatic heterocycles. The zero-order chi connectivity index (χ0) is 13.4. The molecular weight excluding hydrogens is 268 g/mol. The smallest absolute Gasteiger partial charge is 0.234 e. The minimum atomic E-state index is -0.0992. The van der Waals surface area contributed by atoms with Crippen molar-refractivity contribution >= 4 is 18.3 Å². The maximum absolute atomic E-state index is 11.3. The summed E-state index contributed by atoms with van der Waals surface area (Å²) in [6, 6.07) is 7.38. The van der Waals surface area contributed by atoms with Gasteiger partial charge in [0.25, 0.3) is 0 Å². The van der Waals surface area contributed by atoms with Crippen LogP contribution in [0.1, 0.15) is 6.92 Å². The Morgan fingerprint density at radius 2 is 2.05 bits per heavy atom. The fourth-order valence-corrected chi connectivity index (χ4v) is 1.43. The van der Waals surface area contributed by atoms with Crippen LogP contribution in [0.3, 0.4) is 0 Å². The summed E-state index contributed by atoms with van der Waals surface area (Å²) in [5.41, 5.74) is 0. The molecule has 1 aromatic rings. The number of likely N-dealkylation sites (N-methyl/N-ethyl adjacent to an activating group) is 1. The van der Waals surface area contributed by atoms with E-state index in [1.165, 1.54) is 0 Å². The second-order valence-electron chi connectivity index (χ2n) is 3.94. The first-order chi connectivity index (χ1) is 8.65. The number of carbonyl (C=O) groups is 1. The van der Waals surface area contributed by atoms with Gasteiger partial charge in [-0.15, -0.1) is 12.4 Å². The van der Waals surface area contributed by atoms with Crippen LogP contribution in [0.5, 0.6) is 11.5 Å². The van der Waals surface area contributed by atoms with Gasteiger partial charge in [-0.3, -0.25) is 4.79 Å². The summed E-state index contributed by atoms with van der Waals surface area (Å²) in [5, 5.41) is 5.56. The van der Waals surface area contributed by atoms with Gasteiger partial charge in [0.05, 0.1) is 20.2 Å². The van der Waals surface area contributed by atoms with E-state index in [1.54, 1.807) is 14.2 Å². The Labute approximate surface area is 120 Å². The highest BCUT2D eigenvalue weighted by molar-refractivity contribution is 5.85. The molecule has 0 spiro atoms. The lowest BCUT2D eigenvalue weighted by atomic mass is 10.3. The lowest BCUT2D eigenvalue weighted by molar-refractivity contribution is -0.120. The average Bonchev–Trinajstić information content (AvgIpc) is 2.37. The summed E-state index contributed by atoms with van der Waals surface area (Å²) >= 11 is 0. The number of hydrogen-bond donors (Lipinski definition) is 2. The second-order valence-corrected chi connectivity index (χ2v) is 3.94. The van der Waals surface area contributed by atoms with Gasteiger partial charge >= 0.3 is 0 Å². The van der Waals surface area contributed by atoms with Gasteiger partial charge in [0.15, 0.2) is 0 Å². The van der Waals surface area contributed by atoms with E-state index < -0.39 is 0 Å². The number of ether oxygens (including phenoxy) is 2. The first-order valence-electron chi connectivity index (χ1n) is 5.87. The number of amides is 1. The topological polar surface area (TPSA) is 59.6 Å².